The molecule has 4 rings (SSSR count). The van der Waals surface area contributed by atoms with Crippen molar-refractivity contribution in [1.82, 2.24) is 20.2 Å². The predicted octanol–water partition coefficient (Wildman–Crippen LogP) is 1.83. The van der Waals surface area contributed by atoms with Crippen molar-refractivity contribution in [2.75, 3.05) is 13.1 Å². The zero-order valence-corrected chi connectivity index (χ0v) is 16.6. The third kappa shape index (κ3) is 3.62. The number of rotatable bonds is 4. The van der Waals surface area contributed by atoms with Crippen molar-refractivity contribution in [3.05, 3.63) is 45.7 Å². The average molecular weight is 399 g/mol. The Morgan fingerprint density at radius 2 is 2.18 bits per heavy atom. The quantitative estimate of drug-likeness (QED) is 0.846. The third-order valence-electron chi connectivity index (χ3n) is 5.03. The van der Waals surface area contributed by atoms with Crippen LogP contribution in [0.4, 0.5) is 0 Å². The normalized spacial score (nSPS) is 20.9. The van der Waals surface area contributed by atoms with Crippen LogP contribution in [0.2, 0.25) is 0 Å². The van der Waals surface area contributed by atoms with E-state index in [9.17, 15) is 9.59 Å². The molecule has 0 aromatic carbocycles. The maximum Gasteiger partial charge on any atom is 0.269 e. The number of oxime groups is 1. The molecule has 2 amide bonds. The summed E-state index contributed by atoms with van der Waals surface area (Å²) in [4.78, 5) is 41.7. The Bertz CT molecular complexity index is 939. The fourth-order valence-corrected chi connectivity index (χ4v) is 4.29. The van der Waals surface area contributed by atoms with Gasteiger partial charge in [-0.25, -0.2) is 0 Å². The molecule has 1 unspecified atom stereocenters. The van der Waals surface area contributed by atoms with Gasteiger partial charge in [-0.1, -0.05) is 5.16 Å². The number of nitrogens with one attached hydrogen (secondary N) is 1. The molecule has 9 heteroatoms. The first-order valence-electron chi connectivity index (χ1n) is 9.10. The van der Waals surface area contributed by atoms with Gasteiger partial charge in [0.1, 0.15) is 5.71 Å². The summed E-state index contributed by atoms with van der Waals surface area (Å²) < 4.78 is 0. The summed E-state index contributed by atoms with van der Waals surface area (Å²) in [5.74, 6) is -0.262. The highest BCUT2D eigenvalue weighted by Crippen LogP contribution is 2.35. The standard InChI is InChI=1S/C19H21N5O3S/c1-12-3-6-28-16(12)18(26)24-5-4-19(11-24)7-15(23-27-19)17(25)22-10-14-9-20-13(2)8-21-14/h3,6,8-9H,4-5,7,10-11H2,1-2H3,(H,22,25). The van der Waals surface area contributed by atoms with Gasteiger partial charge in [-0.3, -0.25) is 19.6 Å². The van der Waals surface area contributed by atoms with Gasteiger partial charge < -0.3 is 15.1 Å². The monoisotopic (exact) mass is 399 g/mol. The highest BCUT2D eigenvalue weighted by Gasteiger charge is 2.48. The summed E-state index contributed by atoms with van der Waals surface area (Å²) in [5.41, 5.74) is 2.23. The summed E-state index contributed by atoms with van der Waals surface area (Å²) >= 11 is 1.45. The number of aryl methyl sites for hydroxylation is 2. The topological polar surface area (TPSA) is 96.8 Å². The first-order chi connectivity index (χ1) is 13.5. The van der Waals surface area contributed by atoms with Gasteiger partial charge in [-0.2, -0.15) is 0 Å². The van der Waals surface area contributed by atoms with E-state index in [1.165, 1.54) is 11.3 Å². The molecule has 0 bridgehead atoms. The van der Waals surface area contributed by atoms with Crippen LogP contribution in [0.25, 0.3) is 0 Å². The molecule has 1 atom stereocenters. The smallest absolute Gasteiger partial charge is 0.269 e. The highest BCUT2D eigenvalue weighted by atomic mass is 32.1. The second-order valence-electron chi connectivity index (χ2n) is 7.23. The lowest BCUT2D eigenvalue weighted by Gasteiger charge is -2.21. The fraction of sp³-hybridized carbons (Fsp3) is 0.421. The number of aromatic nitrogens is 2. The molecule has 2 aliphatic rings. The maximum atomic E-state index is 12.7. The molecule has 2 aliphatic heterocycles. The molecule has 2 aromatic rings. The van der Waals surface area contributed by atoms with Gasteiger partial charge in [0.25, 0.3) is 11.8 Å². The maximum absolute atomic E-state index is 12.7. The van der Waals surface area contributed by atoms with Crippen LogP contribution in [0.5, 0.6) is 0 Å². The molecule has 1 saturated heterocycles. The van der Waals surface area contributed by atoms with Crippen LogP contribution in [-0.4, -0.2) is 51.1 Å². The van der Waals surface area contributed by atoms with Crippen molar-refractivity contribution in [2.24, 2.45) is 5.16 Å². The highest BCUT2D eigenvalue weighted by molar-refractivity contribution is 7.12. The van der Waals surface area contributed by atoms with E-state index < -0.39 is 5.60 Å². The molecule has 1 N–H and O–H groups in total. The number of hydrogen-bond acceptors (Lipinski definition) is 7. The van der Waals surface area contributed by atoms with E-state index in [4.69, 9.17) is 4.84 Å². The summed E-state index contributed by atoms with van der Waals surface area (Å²) in [6, 6.07) is 1.94. The largest absolute Gasteiger partial charge is 0.386 e. The Morgan fingerprint density at radius 3 is 2.89 bits per heavy atom. The van der Waals surface area contributed by atoms with Crippen molar-refractivity contribution >= 4 is 28.9 Å². The van der Waals surface area contributed by atoms with Crippen LogP contribution < -0.4 is 5.32 Å². The lowest BCUT2D eigenvalue weighted by molar-refractivity contribution is -0.115. The molecule has 1 fully saturated rings. The van der Waals surface area contributed by atoms with Gasteiger partial charge in [0.2, 0.25) is 0 Å². The van der Waals surface area contributed by atoms with E-state index in [1.807, 2.05) is 25.3 Å². The first kappa shape index (κ1) is 18.5. The summed E-state index contributed by atoms with van der Waals surface area (Å²) in [7, 11) is 0. The number of likely N-dealkylation sites (tertiary alicyclic amines) is 1. The Morgan fingerprint density at radius 1 is 1.32 bits per heavy atom. The predicted molar refractivity (Wildman–Crippen MR) is 104 cm³/mol. The van der Waals surface area contributed by atoms with E-state index in [0.29, 0.717) is 37.3 Å². The van der Waals surface area contributed by atoms with Crippen molar-refractivity contribution in [2.45, 2.75) is 38.8 Å². The van der Waals surface area contributed by atoms with Crippen molar-refractivity contribution in [3.8, 4) is 0 Å². The number of hydrogen-bond donors (Lipinski definition) is 1. The van der Waals surface area contributed by atoms with Gasteiger partial charge >= 0.3 is 0 Å². The van der Waals surface area contributed by atoms with Crippen LogP contribution in [-0.2, 0) is 16.2 Å². The Balaban J connectivity index is 1.33. The van der Waals surface area contributed by atoms with Crippen LogP contribution in [0, 0.1) is 13.8 Å². The molecule has 0 saturated carbocycles. The van der Waals surface area contributed by atoms with Gasteiger partial charge in [0.15, 0.2) is 5.60 Å². The molecule has 0 aliphatic carbocycles. The lowest BCUT2D eigenvalue weighted by atomic mass is 9.96. The average Bonchev–Trinajstić information content (AvgIpc) is 3.42. The minimum absolute atomic E-state index is 0.0174. The zero-order valence-electron chi connectivity index (χ0n) is 15.8. The molecule has 146 valence electrons. The summed E-state index contributed by atoms with van der Waals surface area (Å²) in [6.45, 7) is 5.10. The summed E-state index contributed by atoms with van der Waals surface area (Å²) in [5, 5.41) is 8.73. The number of amides is 2. The van der Waals surface area contributed by atoms with E-state index >= 15 is 0 Å². The molecule has 8 nitrogen and oxygen atoms in total. The van der Waals surface area contributed by atoms with E-state index in [1.54, 1.807) is 17.3 Å². The van der Waals surface area contributed by atoms with Crippen LogP contribution in [0.1, 0.15) is 39.5 Å². The minimum Gasteiger partial charge on any atom is -0.386 e. The van der Waals surface area contributed by atoms with E-state index in [2.05, 4.69) is 20.4 Å². The van der Waals surface area contributed by atoms with Gasteiger partial charge in [0, 0.05) is 25.6 Å². The minimum atomic E-state index is -0.600. The van der Waals surface area contributed by atoms with E-state index in [-0.39, 0.29) is 18.4 Å². The molecular formula is C19H21N5O3S. The molecule has 28 heavy (non-hydrogen) atoms. The first-order valence-corrected chi connectivity index (χ1v) is 9.98. The van der Waals surface area contributed by atoms with E-state index in [0.717, 1.165) is 16.1 Å². The fourth-order valence-electron chi connectivity index (χ4n) is 3.40. The Hall–Kier alpha value is -2.81. The van der Waals surface area contributed by atoms with Crippen molar-refractivity contribution in [1.29, 1.82) is 0 Å². The summed E-state index contributed by atoms with van der Waals surface area (Å²) in [6.07, 6.45) is 4.35. The molecule has 4 heterocycles. The van der Waals surface area contributed by atoms with Crippen molar-refractivity contribution in [3.63, 3.8) is 0 Å². The second-order valence-corrected chi connectivity index (χ2v) is 8.15. The SMILES string of the molecule is Cc1cnc(CNC(=O)C2=NOC3(CCN(C(=O)c4sccc4C)C3)C2)cn1. The molecular weight excluding hydrogens is 378 g/mol. The van der Waals surface area contributed by atoms with Crippen LogP contribution in [0.3, 0.4) is 0 Å². The molecule has 0 radical (unpaired) electrons. The molecule has 1 spiro atoms. The molecule has 2 aromatic heterocycles. The number of carbonyl (C=O) groups excluding carboxylic acids is 2. The van der Waals surface area contributed by atoms with Gasteiger partial charge in [0.05, 0.1) is 35.6 Å². The van der Waals surface area contributed by atoms with Gasteiger partial charge in [-0.15, -0.1) is 11.3 Å². The van der Waals surface area contributed by atoms with Crippen molar-refractivity contribution < 1.29 is 14.4 Å². The number of thiophene rings is 1. The zero-order chi connectivity index (χ0) is 19.7. The second kappa shape index (κ2) is 7.31. The van der Waals surface area contributed by atoms with Gasteiger partial charge in [-0.05, 0) is 30.9 Å². The Kier molecular flexibility index (Phi) is 4.84. The van der Waals surface area contributed by atoms with Crippen LogP contribution in [0.15, 0.2) is 29.0 Å². The Labute approximate surface area is 166 Å². The number of carbonyl (C=O) groups is 2. The number of nitrogens with zero attached hydrogens (tertiary/aromatic N) is 4. The lowest BCUT2D eigenvalue weighted by Crippen LogP contribution is -2.38. The third-order valence-corrected chi connectivity index (χ3v) is 6.03. The van der Waals surface area contributed by atoms with Crippen LogP contribution >= 0.6 is 11.3 Å².